The Balaban J connectivity index is 0.000000320. The van der Waals surface area contributed by atoms with Gasteiger partial charge in [-0.2, -0.15) is 4.58 Å². The van der Waals surface area contributed by atoms with Gasteiger partial charge in [0, 0.05) is 82.3 Å². The Morgan fingerprint density at radius 2 is 1.04 bits per heavy atom. The van der Waals surface area contributed by atoms with E-state index in [0.717, 1.165) is 11.4 Å². The van der Waals surface area contributed by atoms with E-state index in [-0.39, 0.29) is 16.6 Å². The fourth-order valence-electron chi connectivity index (χ4n) is 8.20. The van der Waals surface area contributed by atoms with Crippen LogP contribution >= 0.6 is 0 Å². The van der Waals surface area contributed by atoms with Crippen LogP contribution in [-0.2, 0) is 20.9 Å². The Bertz CT molecular complexity index is 3840. The first-order valence-corrected chi connectivity index (χ1v) is 23.9. The van der Waals surface area contributed by atoms with Crippen LogP contribution in [0.15, 0.2) is 121 Å². The molecule has 2 aliphatic heterocycles. The Kier molecular flexibility index (Phi) is 19.3. The molecule has 340 valence electrons. The lowest BCUT2D eigenvalue weighted by molar-refractivity contribution is -0.401. The average molecular weight is 935 g/mol. The minimum Gasteiger partial charge on any atom is -0.748 e. The minimum atomic E-state index is -4.22. The quantitative estimate of drug-likeness (QED) is 0.0553. The zero-order chi connectivity index (χ0) is 51.0. The predicted molar refractivity (Wildman–Crippen MR) is 291 cm³/mol. The molecule has 71 heavy (non-hydrogen) atoms. The highest BCUT2D eigenvalue weighted by Gasteiger charge is 2.44. The lowest BCUT2D eigenvalue weighted by atomic mass is 9.79. The van der Waals surface area contributed by atoms with E-state index >= 15 is 0 Å². The van der Waals surface area contributed by atoms with Gasteiger partial charge in [-0.25, -0.2) is 8.42 Å². The average Bonchev–Trinajstić information content (AvgIpc) is 3.69. The highest BCUT2D eigenvalue weighted by Crippen LogP contribution is 2.51. The number of nitrogens with zero attached hydrogens (tertiary/aromatic N) is 2. The summed E-state index contributed by atoms with van der Waals surface area (Å²) in [6.45, 7) is 11.4. The third kappa shape index (κ3) is 14.7. The van der Waals surface area contributed by atoms with E-state index in [9.17, 15) is 13.0 Å². The van der Waals surface area contributed by atoms with E-state index in [1.54, 1.807) is 6.92 Å². The standard InChI is InChI=1S/C40H42N2O3S.C25H4/c1-39(2)35(41(5)33-25-23-29-17-11-13-19-31(29)37(33)39)21-9-7-6-8-10-22-36-40(3,4)38-32-20-14-12-18-30(32)24-26-34(38)42(36)27-15-16-28-46(43,44)45;1-3-5-7-9-11-13-15-17-19-21-23-25-24-22-20-18-16-14-12-10-8-6-4-2/h6-14,17-26H,15-16,27-28H2,1-5H3;1H,2H3. The molecule has 0 aliphatic carbocycles. The zero-order valence-electron chi connectivity index (χ0n) is 40.4. The van der Waals surface area contributed by atoms with E-state index in [1.165, 1.54) is 44.1 Å². The summed E-state index contributed by atoms with van der Waals surface area (Å²) in [5.74, 6) is 56.6. The molecule has 6 rings (SSSR count). The first kappa shape index (κ1) is 52.4. The van der Waals surface area contributed by atoms with Gasteiger partial charge in [-0.15, -0.1) is 6.42 Å². The van der Waals surface area contributed by atoms with Crippen molar-refractivity contribution in [2.45, 2.75) is 58.3 Å². The molecule has 0 spiro atoms. The van der Waals surface area contributed by atoms with Gasteiger partial charge in [0.1, 0.15) is 7.05 Å². The van der Waals surface area contributed by atoms with Gasteiger partial charge in [-0.3, -0.25) is 0 Å². The first-order valence-electron chi connectivity index (χ1n) is 22.3. The molecule has 0 saturated carbocycles. The van der Waals surface area contributed by atoms with Gasteiger partial charge in [0.15, 0.2) is 5.71 Å². The number of terminal acetylenes is 1. The SMILES string of the molecule is C#CC#CC#CC#CC#CC#CC#CC#CC#CC#CC#CC#CC.C[N+]1=C(C=CC=CC=CC=C2N(CCCCS(=O)(=O)[O-])c3ccc4ccccc4c3C2(C)C)C(C)(C)c2c1ccc1ccccc21. The maximum Gasteiger partial charge on any atom is 0.210 e. The summed E-state index contributed by atoms with van der Waals surface area (Å²) in [6.07, 6.45) is 20.6. The highest BCUT2D eigenvalue weighted by molar-refractivity contribution is 7.85. The smallest absolute Gasteiger partial charge is 0.210 e. The van der Waals surface area contributed by atoms with Crippen molar-refractivity contribution in [2.24, 2.45) is 0 Å². The number of anilines is 1. The summed E-state index contributed by atoms with van der Waals surface area (Å²) in [4.78, 5) is 2.29. The van der Waals surface area contributed by atoms with Gasteiger partial charge in [-0.05, 0) is 174 Å². The second kappa shape index (κ2) is 26.1. The van der Waals surface area contributed by atoms with Crippen molar-refractivity contribution in [3.8, 4) is 143 Å². The van der Waals surface area contributed by atoms with Crippen LogP contribution < -0.4 is 4.90 Å². The van der Waals surface area contributed by atoms with Crippen molar-refractivity contribution >= 4 is 48.7 Å². The lowest BCUT2D eigenvalue weighted by Crippen LogP contribution is -2.27. The lowest BCUT2D eigenvalue weighted by Gasteiger charge is -2.27. The van der Waals surface area contributed by atoms with Crippen LogP contribution in [0.4, 0.5) is 11.4 Å². The Morgan fingerprint density at radius 1 is 0.577 bits per heavy atom. The molecule has 0 fully saturated rings. The highest BCUT2D eigenvalue weighted by atomic mass is 32.2. The number of benzene rings is 4. The molecule has 2 aliphatic rings. The van der Waals surface area contributed by atoms with Gasteiger partial charge in [-0.1, -0.05) is 105 Å². The summed E-state index contributed by atoms with van der Waals surface area (Å²) >= 11 is 0. The molecule has 2 heterocycles. The molecule has 0 aromatic heterocycles. The van der Waals surface area contributed by atoms with Crippen molar-refractivity contribution in [1.29, 1.82) is 0 Å². The largest absolute Gasteiger partial charge is 0.748 e. The van der Waals surface area contributed by atoms with Gasteiger partial charge in [0.2, 0.25) is 5.69 Å². The molecular formula is C65H46N2O3S. The van der Waals surface area contributed by atoms with Crippen LogP contribution in [0.1, 0.15) is 58.6 Å². The number of hydrogen-bond donors (Lipinski definition) is 0. The van der Waals surface area contributed by atoms with E-state index in [2.05, 4.69) is 284 Å². The van der Waals surface area contributed by atoms with Crippen molar-refractivity contribution in [3.05, 3.63) is 132 Å². The summed E-state index contributed by atoms with van der Waals surface area (Å²) in [6, 6.07) is 25.8. The van der Waals surface area contributed by atoms with Crippen LogP contribution in [-0.4, -0.2) is 42.6 Å². The van der Waals surface area contributed by atoms with Crippen LogP contribution in [0.5, 0.6) is 0 Å². The molecular weight excluding hydrogens is 889 g/mol. The zero-order valence-corrected chi connectivity index (χ0v) is 41.2. The topological polar surface area (TPSA) is 63.5 Å². The maximum atomic E-state index is 11.2. The summed E-state index contributed by atoms with van der Waals surface area (Å²) in [5, 5.41) is 4.99. The molecule has 0 bridgehead atoms. The molecule has 6 heteroatoms. The molecule has 0 amide bonds. The second-order valence-electron chi connectivity index (χ2n) is 16.4. The molecule has 0 saturated heterocycles. The number of allylic oxidation sites excluding steroid dienone is 8. The van der Waals surface area contributed by atoms with E-state index in [1.807, 2.05) is 12.2 Å². The van der Waals surface area contributed by atoms with Crippen LogP contribution in [0.2, 0.25) is 0 Å². The van der Waals surface area contributed by atoms with E-state index < -0.39 is 10.1 Å². The Hall–Kier alpha value is -9.54. The van der Waals surface area contributed by atoms with Crippen molar-refractivity contribution < 1.29 is 17.5 Å². The van der Waals surface area contributed by atoms with E-state index in [4.69, 9.17) is 6.42 Å². The third-order valence-corrected chi connectivity index (χ3v) is 11.9. The van der Waals surface area contributed by atoms with E-state index in [0.29, 0.717) is 19.4 Å². The van der Waals surface area contributed by atoms with Gasteiger partial charge < -0.3 is 9.45 Å². The monoisotopic (exact) mass is 934 g/mol. The second-order valence-corrected chi connectivity index (χ2v) is 17.9. The fourth-order valence-corrected chi connectivity index (χ4v) is 8.75. The van der Waals surface area contributed by atoms with Gasteiger partial charge in [0.25, 0.3) is 0 Å². The molecule has 0 atom stereocenters. The van der Waals surface area contributed by atoms with Crippen LogP contribution in [0.25, 0.3) is 21.5 Å². The normalized spacial score (nSPS) is 13.2. The fraction of sp³-hybridized carbons (Fsp3) is 0.185. The van der Waals surface area contributed by atoms with Gasteiger partial charge in [0.05, 0.1) is 15.5 Å². The third-order valence-electron chi connectivity index (χ3n) is 11.1. The van der Waals surface area contributed by atoms with Crippen molar-refractivity contribution in [2.75, 3.05) is 24.2 Å². The number of rotatable bonds is 9. The predicted octanol–water partition coefficient (Wildman–Crippen LogP) is 9.35. The molecule has 4 aromatic carbocycles. The van der Waals surface area contributed by atoms with Gasteiger partial charge >= 0.3 is 0 Å². The van der Waals surface area contributed by atoms with Crippen LogP contribution in [0, 0.1) is 143 Å². The van der Waals surface area contributed by atoms with Crippen molar-refractivity contribution in [1.82, 2.24) is 0 Å². The van der Waals surface area contributed by atoms with Crippen molar-refractivity contribution in [3.63, 3.8) is 0 Å². The molecule has 0 unspecified atom stereocenters. The molecule has 0 radical (unpaired) electrons. The maximum absolute atomic E-state index is 11.2. The Morgan fingerprint density at radius 3 is 1.56 bits per heavy atom. The summed E-state index contributed by atoms with van der Waals surface area (Å²) in [7, 11) is -2.07. The molecule has 0 N–H and O–H groups in total. The number of unbranched alkanes of at least 4 members (excludes halogenated alkanes) is 1. The molecule has 5 nitrogen and oxygen atoms in total. The van der Waals surface area contributed by atoms with Crippen LogP contribution in [0.3, 0.4) is 0 Å². The Labute approximate surface area is 421 Å². The summed E-state index contributed by atoms with van der Waals surface area (Å²) < 4.78 is 35.9. The minimum absolute atomic E-state index is 0.121. The summed E-state index contributed by atoms with van der Waals surface area (Å²) in [5.41, 5.74) is 7.07. The number of fused-ring (bicyclic) bond motifs is 6. The molecule has 4 aromatic rings. The number of hydrogen-bond acceptors (Lipinski definition) is 4. The first-order chi connectivity index (χ1) is 34.3.